The molecule has 1 unspecified atom stereocenters. The van der Waals surface area contributed by atoms with Crippen LogP contribution in [0.3, 0.4) is 0 Å². The number of nitrogens with one attached hydrogen (secondary N) is 2. The molecule has 5 heteroatoms. The second kappa shape index (κ2) is 5.09. The molecule has 0 bridgehead atoms. The zero-order valence-electron chi connectivity index (χ0n) is 8.91. The van der Waals surface area contributed by atoms with Gasteiger partial charge in [-0.15, -0.1) is 0 Å². The maximum Gasteiger partial charge on any atom is 0.214 e. The van der Waals surface area contributed by atoms with Crippen molar-refractivity contribution >= 4 is 10.0 Å². The summed E-state index contributed by atoms with van der Waals surface area (Å²) in [4.78, 5) is 0. The molecule has 0 radical (unpaired) electrons. The highest BCUT2D eigenvalue weighted by Crippen LogP contribution is 2.07. The lowest BCUT2D eigenvalue weighted by molar-refractivity contribution is 0.516. The van der Waals surface area contributed by atoms with Crippen LogP contribution in [0, 0.1) is 0 Å². The Morgan fingerprint density at radius 3 is 2.71 bits per heavy atom. The molecule has 0 amide bonds. The number of hydrogen-bond donors (Lipinski definition) is 2. The summed E-state index contributed by atoms with van der Waals surface area (Å²) < 4.78 is 25.9. The van der Waals surface area contributed by atoms with Crippen molar-refractivity contribution in [3.05, 3.63) is 0 Å². The van der Waals surface area contributed by atoms with E-state index >= 15 is 0 Å². The van der Waals surface area contributed by atoms with Crippen molar-refractivity contribution in [1.82, 2.24) is 10.0 Å². The Morgan fingerprint density at radius 2 is 2.07 bits per heavy atom. The summed E-state index contributed by atoms with van der Waals surface area (Å²) in [6.07, 6.45) is 3.18. The maximum atomic E-state index is 11.6. The SMILES string of the molecule is CC(C)S(=O)(=O)NC1CCCCNC1. The van der Waals surface area contributed by atoms with Crippen molar-refractivity contribution in [3.8, 4) is 0 Å². The predicted octanol–water partition coefficient (Wildman–Crippen LogP) is 0.456. The van der Waals surface area contributed by atoms with Crippen molar-refractivity contribution < 1.29 is 8.42 Å². The molecule has 4 nitrogen and oxygen atoms in total. The minimum atomic E-state index is -3.10. The molecule has 1 aliphatic heterocycles. The first-order valence-electron chi connectivity index (χ1n) is 5.24. The van der Waals surface area contributed by atoms with Gasteiger partial charge in [-0.2, -0.15) is 0 Å². The molecular weight excluding hydrogens is 200 g/mol. The van der Waals surface area contributed by atoms with Crippen LogP contribution in [0.1, 0.15) is 33.1 Å². The molecule has 0 spiro atoms. The second-order valence-corrected chi connectivity index (χ2v) is 6.38. The highest BCUT2D eigenvalue weighted by molar-refractivity contribution is 7.90. The summed E-state index contributed by atoms with van der Waals surface area (Å²) in [5.74, 6) is 0. The van der Waals surface area contributed by atoms with Gasteiger partial charge in [-0.1, -0.05) is 6.42 Å². The first kappa shape index (κ1) is 11.9. The second-order valence-electron chi connectivity index (χ2n) is 4.11. The maximum absolute atomic E-state index is 11.6. The van der Waals surface area contributed by atoms with Gasteiger partial charge in [0.15, 0.2) is 0 Å². The third kappa shape index (κ3) is 3.55. The fourth-order valence-corrected chi connectivity index (χ4v) is 2.43. The minimum absolute atomic E-state index is 0.0740. The molecule has 14 heavy (non-hydrogen) atoms. The van der Waals surface area contributed by atoms with Crippen LogP contribution in [0.15, 0.2) is 0 Å². The molecule has 1 heterocycles. The highest BCUT2D eigenvalue weighted by atomic mass is 32.2. The summed E-state index contributed by atoms with van der Waals surface area (Å²) in [6, 6.07) is 0.0740. The molecular formula is C9H20N2O2S. The van der Waals surface area contributed by atoms with E-state index in [0.29, 0.717) is 0 Å². The van der Waals surface area contributed by atoms with Gasteiger partial charge in [0.05, 0.1) is 5.25 Å². The normalized spacial score (nSPS) is 24.9. The topological polar surface area (TPSA) is 58.2 Å². The lowest BCUT2D eigenvalue weighted by atomic mass is 10.2. The molecule has 1 rings (SSSR count). The van der Waals surface area contributed by atoms with E-state index in [1.54, 1.807) is 13.8 Å². The van der Waals surface area contributed by atoms with E-state index in [9.17, 15) is 8.42 Å². The first-order chi connectivity index (χ1) is 6.52. The molecule has 0 saturated carbocycles. The number of rotatable bonds is 3. The standard InChI is InChI=1S/C9H20N2O2S/c1-8(2)14(12,13)11-9-5-3-4-6-10-7-9/h8-11H,3-7H2,1-2H3. The van der Waals surface area contributed by atoms with Gasteiger partial charge in [0.1, 0.15) is 0 Å². The van der Waals surface area contributed by atoms with E-state index in [1.807, 2.05) is 0 Å². The van der Waals surface area contributed by atoms with Gasteiger partial charge in [-0.3, -0.25) is 0 Å². The molecule has 2 N–H and O–H groups in total. The first-order valence-corrected chi connectivity index (χ1v) is 6.79. The van der Waals surface area contributed by atoms with Gasteiger partial charge in [-0.25, -0.2) is 13.1 Å². The average Bonchev–Trinajstić information content (AvgIpc) is 2.32. The lowest BCUT2D eigenvalue weighted by Crippen LogP contribution is -2.43. The lowest BCUT2D eigenvalue weighted by Gasteiger charge is -2.18. The highest BCUT2D eigenvalue weighted by Gasteiger charge is 2.21. The molecule has 0 aromatic rings. The van der Waals surface area contributed by atoms with Crippen LogP contribution < -0.4 is 10.0 Å². The molecule has 1 aliphatic rings. The number of hydrogen-bond acceptors (Lipinski definition) is 3. The summed E-state index contributed by atoms with van der Waals surface area (Å²) in [6.45, 7) is 5.16. The van der Waals surface area contributed by atoms with Crippen molar-refractivity contribution in [2.24, 2.45) is 0 Å². The smallest absolute Gasteiger partial charge is 0.214 e. The Kier molecular flexibility index (Phi) is 4.34. The summed E-state index contributed by atoms with van der Waals surface area (Å²) in [5.41, 5.74) is 0. The quantitative estimate of drug-likeness (QED) is 0.726. The Bertz CT molecular complexity index is 254. The average molecular weight is 220 g/mol. The minimum Gasteiger partial charge on any atom is -0.315 e. The van der Waals surface area contributed by atoms with Crippen molar-refractivity contribution in [1.29, 1.82) is 0 Å². The van der Waals surface area contributed by atoms with Gasteiger partial charge in [0.25, 0.3) is 0 Å². The van der Waals surface area contributed by atoms with Crippen LogP contribution in [-0.2, 0) is 10.0 Å². The zero-order valence-corrected chi connectivity index (χ0v) is 9.73. The van der Waals surface area contributed by atoms with Gasteiger partial charge >= 0.3 is 0 Å². The molecule has 0 aliphatic carbocycles. The van der Waals surface area contributed by atoms with E-state index in [4.69, 9.17) is 0 Å². The molecule has 1 fully saturated rings. The third-order valence-electron chi connectivity index (χ3n) is 2.50. The van der Waals surface area contributed by atoms with E-state index in [0.717, 1.165) is 32.4 Å². The summed E-state index contributed by atoms with van der Waals surface area (Å²) in [5, 5.41) is 2.89. The third-order valence-corrected chi connectivity index (χ3v) is 4.40. The van der Waals surface area contributed by atoms with Gasteiger partial charge in [0.2, 0.25) is 10.0 Å². The summed E-state index contributed by atoms with van der Waals surface area (Å²) >= 11 is 0. The largest absolute Gasteiger partial charge is 0.315 e. The fourth-order valence-electron chi connectivity index (χ4n) is 1.49. The predicted molar refractivity (Wildman–Crippen MR) is 57.7 cm³/mol. The van der Waals surface area contributed by atoms with Crippen LogP contribution in [-0.4, -0.2) is 32.8 Å². The Morgan fingerprint density at radius 1 is 1.36 bits per heavy atom. The van der Waals surface area contributed by atoms with Gasteiger partial charge < -0.3 is 5.32 Å². The van der Waals surface area contributed by atoms with E-state index in [2.05, 4.69) is 10.0 Å². The van der Waals surface area contributed by atoms with Crippen LogP contribution in [0.4, 0.5) is 0 Å². The van der Waals surface area contributed by atoms with Crippen LogP contribution >= 0.6 is 0 Å². The fraction of sp³-hybridized carbons (Fsp3) is 1.00. The molecule has 0 aromatic carbocycles. The van der Waals surface area contributed by atoms with Crippen molar-refractivity contribution in [3.63, 3.8) is 0 Å². The van der Waals surface area contributed by atoms with Crippen LogP contribution in [0.5, 0.6) is 0 Å². The molecule has 1 saturated heterocycles. The number of sulfonamides is 1. The van der Waals surface area contributed by atoms with Crippen molar-refractivity contribution in [2.45, 2.75) is 44.4 Å². The van der Waals surface area contributed by atoms with Crippen LogP contribution in [0.2, 0.25) is 0 Å². The Balaban J connectivity index is 2.50. The molecule has 0 aromatic heterocycles. The zero-order chi connectivity index (χ0) is 10.6. The van der Waals surface area contributed by atoms with Gasteiger partial charge in [0, 0.05) is 12.6 Å². The van der Waals surface area contributed by atoms with E-state index in [1.165, 1.54) is 0 Å². The summed E-state index contributed by atoms with van der Waals surface area (Å²) in [7, 11) is -3.10. The molecule has 84 valence electrons. The van der Waals surface area contributed by atoms with Crippen LogP contribution in [0.25, 0.3) is 0 Å². The monoisotopic (exact) mass is 220 g/mol. The van der Waals surface area contributed by atoms with E-state index < -0.39 is 10.0 Å². The molecule has 1 atom stereocenters. The Labute approximate surface area is 86.5 Å². The van der Waals surface area contributed by atoms with E-state index in [-0.39, 0.29) is 11.3 Å². The Hall–Kier alpha value is -0.130. The van der Waals surface area contributed by atoms with Gasteiger partial charge in [-0.05, 0) is 33.2 Å². The van der Waals surface area contributed by atoms with Crippen molar-refractivity contribution in [2.75, 3.05) is 13.1 Å².